The largest absolute Gasteiger partial charge is 0.489 e. The highest BCUT2D eigenvalue weighted by Crippen LogP contribution is 2.33. The number of anilines is 1. The van der Waals surface area contributed by atoms with E-state index in [4.69, 9.17) is 4.74 Å². The lowest BCUT2D eigenvalue weighted by Gasteiger charge is -2.23. The molecule has 122 valence electrons. The van der Waals surface area contributed by atoms with Gasteiger partial charge < -0.3 is 15.0 Å². The molecule has 0 spiro atoms. The van der Waals surface area contributed by atoms with Crippen molar-refractivity contribution in [1.29, 1.82) is 0 Å². The van der Waals surface area contributed by atoms with Crippen LogP contribution in [0.25, 0.3) is 0 Å². The Morgan fingerprint density at radius 3 is 2.55 bits per heavy atom. The van der Waals surface area contributed by atoms with Crippen LogP contribution in [0.5, 0.6) is 5.75 Å². The van der Waals surface area contributed by atoms with Gasteiger partial charge in [-0.15, -0.1) is 0 Å². The standard InChI is InChI=1S/C19H30N2O/c1-15(2)22-19-13-16(14-20-17-7-3-4-8-17)9-10-18(19)21-11-5-6-12-21/h9-10,13,15,17,20H,3-8,11-12,14H2,1-2H3. The van der Waals surface area contributed by atoms with Crippen molar-refractivity contribution in [3.8, 4) is 5.75 Å². The van der Waals surface area contributed by atoms with Crippen LogP contribution in [-0.4, -0.2) is 25.2 Å². The summed E-state index contributed by atoms with van der Waals surface area (Å²) in [7, 11) is 0. The maximum Gasteiger partial charge on any atom is 0.143 e. The van der Waals surface area contributed by atoms with Crippen molar-refractivity contribution in [3.63, 3.8) is 0 Å². The topological polar surface area (TPSA) is 24.5 Å². The fraction of sp³-hybridized carbons (Fsp3) is 0.684. The maximum absolute atomic E-state index is 6.10. The summed E-state index contributed by atoms with van der Waals surface area (Å²) in [6.07, 6.45) is 8.25. The summed E-state index contributed by atoms with van der Waals surface area (Å²) in [6, 6.07) is 7.49. The monoisotopic (exact) mass is 302 g/mol. The summed E-state index contributed by atoms with van der Waals surface area (Å²) in [5.74, 6) is 1.06. The Hall–Kier alpha value is -1.22. The Balaban J connectivity index is 1.70. The first kappa shape index (κ1) is 15.7. The van der Waals surface area contributed by atoms with Gasteiger partial charge in [-0.1, -0.05) is 18.9 Å². The van der Waals surface area contributed by atoms with Gasteiger partial charge in [0, 0.05) is 25.7 Å². The van der Waals surface area contributed by atoms with Crippen molar-refractivity contribution in [3.05, 3.63) is 23.8 Å². The van der Waals surface area contributed by atoms with E-state index >= 15 is 0 Å². The summed E-state index contributed by atoms with van der Waals surface area (Å²) in [4.78, 5) is 2.46. The second-order valence-corrected chi connectivity index (χ2v) is 7.03. The molecule has 1 aliphatic heterocycles. The summed E-state index contributed by atoms with van der Waals surface area (Å²) in [5.41, 5.74) is 2.61. The van der Waals surface area contributed by atoms with Crippen LogP contribution in [0.2, 0.25) is 0 Å². The molecule has 1 aliphatic carbocycles. The number of ether oxygens (including phenoxy) is 1. The van der Waals surface area contributed by atoms with E-state index in [1.807, 2.05) is 0 Å². The summed E-state index contributed by atoms with van der Waals surface area (Å²) >= 11 is 0. The smallest absolute Gasteiger partial charge is 0.143 e. The number of nitrogens with zero attached hydrogens (tertiary/aromatic N) is 1. The van der Waals surface area contributed by atoms with E-state index in [9.17, 15) is 0 Å². The van der Waals surface area contributed by atoms with Crippen LogP contribution in [0.15, 0.2) is 18.2 Å². The quantitative estimate of drug-likeness (QED) is 0.856. The van der Waals surface area contributed by atoms with E-state index in [1.165, 1.54) is 49.8 Å². The van der Waals surface area contributed by atoms with E-state index in [-0.39, 0.29) is 6.10 Å². The van der Waals surface area contributed by atoms with Crippen molar-refractivity contribution < 1.29 is 4.74 Å². The Bertz CT molecular complexity index is 474. The first-order valence-electron chi connectivity index (χ1n) is 9.00. The zero-order chi connectivity index (χ0) is 15.4. The fourth-order valence-electron chi connectivity index (χ4n) is 3.63. The SMILES string of the molecule is CC(C)Oc1cc(CNC2CCCC2)ccc1N1CCCC1. The molecule has 0 atom stereocenters. The minimum absolute atomic E-state index is 0.222. The molecule has 2 fully saturated rings. The van der Waals surface area contributed by atoms with Crippen molar-refractivity contribution in [2.24, 2.45) is 0 Å². The molecule has 2 aliphatic rings. The Morgan fingerprint density at radius 2 is 1.86 bits per heavy atom. The summed E-state index contributed by atoms with van der Waals surface area (Å²) in [5, 5.41) is 3.70. The van der Waals surface area contributed by atoms with Crippen LogP contribution in [-0.2, 0) is 6.54 Å². The van der Waals surface area contributed by atoms with E-state index < -0.39 is 0 Å². The first-order valence-corrected chi connectivity index (χ1v) is 9.00. The van der Waals surface area contributed by atoms with Crippen molar-refractivity contribution in [1.82, 2.24) is 5.32 Å². The molecule has 3 nitrogen and oxygen atoms in total. The molecule has 3 heteroatoms. The lowest BCUT2D eigenvalue weighted by atomic mass is 10.1. The fourth-order valence-corrected chi connectivity index (χ4v) is 3.63. The highest BCUT2D eigenvalue weighted by atomic mass is 16.5. The van der Waals surface area contributed by atoms with E-state index in [1.54, 1.807) is 0 Å². The third-order valence-corrected chi connectivity index (χ3v) is 4.78. The zero-order valence-corrected chi connectivity index (χ0v) is 14.1. The second-order valence-electron chi connectivity index (χ2n) is 7.03. The molecule has 0 aromatic heterocycles. The molecule has 0 radical (unpaired) electrons. The van der Waals surface area contributed by atoms with Crippen molar-refractivity contribution >= 4 is 5.69 Å². The third kappa shape index (κ3) is 3.95. The third-order valence-electron chi connectivity index (χ3n) is 4.78. The molecule has 1 aromatic rings. The molecular weight excluding hydrogens is 272 g/mol. The van der Waals surface area contributed by atoms with Crippen molar-refractivity contribution in [2.45, 2.75) is 71.1 Å². The molecule has 1 saturated carbocycles. The van der Waals surface area contributed by atoms with Gasteiger partial charge in [-0.2, -0.15) is 0 Å². The minimum Gasteiger partial charge on any atom is -0.489 e. The lowest BCUT2D eigenvalue weighted by molar-refractivity contribution is 0.242. The zero-order valence-electron chi connectivity index (χ0n) is 14.1. The average Bonchev–Trinajstić information content (AvgIpc) is 3.18. The Labute approximate surface area is 135 Å². The summed E-state index contributed by atoms with van der Waals surface area (Å²) in [6.45, 7) is 7.50. The molecule has 0 bridgehead atoms. The average molecular weight is 302 g/mol. The van der Waals surface area contributed by atoms with Gasteiger partial charge in [-0.25, -0.2) is 0 Å². The highest BCUT2D eigenvalue weighted by molar-refractivity contribution is 5.60. The van der Waals surface area contributed by atoms with E-state index in [0.29, 0.717) is 6.04 Å². The van der Waals surface area contributed by atoms with Crippen molar-refractivity contribution in [2.75, 3.05) is 18.0 Å². The van der Waals surface area contributed by atoms with Gasteiger partial charge in [0.25, 0.3) is 0 Å². The number of rotatable bonds is 6. The van der Waals surface area contributed by atoms with Gasteiger partial charge in [-0.3, -0.25) is 0 Å². The predicted octanol–water partition coefficient (Wildman–Crippen LogP) is 4.11. The number of benzene rings is 1. The second kappa shape index (κ2) is 7.36. The summed E-state index contributed by atoms with van der Waals surface area (Å²) < 4.78 is 6.10. The number of hydrogen-bond donors (Lipinski definition) is 1. The van der Waals surface area contributed by atoms with E-state index in [2.05, 4.69) is 42.3 Å². The predicted molar refractivity (Wildman–Crippen MR) is 92.7 cm³/mol. The molecule has 0 unspecified atom stereocenters. The van der Waals surface area contributed by atoms with Crippen LogP contribution in [0, 0.1) is 0 Å². The van der Waals surface area contributed by atoms with Gasteiger partial charge in [0.05, 0.1) is 11.8 Å². The normalized spacial score (nSPS) is 19.3. The molecule has 22 heavy (non-hydrogen) atoms. The number of hydrogen-bond acceptors (Lipinski definition) is 3. The molecule has 1 N–H and O–H groups in total. The van der Waals surface area contributed by atoms with Gasteiger partial charge in [-0.05, 0) is 57.2 Å². The Morgan fingerprint density at radius 1 is 1.14 bits per heavy atom. The van der Waals surface area contributed by atoms with E-state index in [0.717, 1.165) is 25.4 Å². The number of nitrogens with one attached hydrogen (secondary N) is 1. The molecule has 1 heterocycles. The van der Waals surface area contributed by atoms with Crippen LogP contribution < -0.4 is 15.0 Å². The lowest BCUT2D eigenvalue weighted by Crippen LogP contribution is -2.25. The minimum atomic E-state index is 0.222. The molecule has 1 saturated heterocycles. The van der Waals surface area contributed by atoms with Crippen LogP contribution >= 0.6 is 0 Å². The first-order chi connectivity index (χ1) is 10.7. The van der Waals surface area contributed by atoms with Crippen LogP contribution in [0.4, 0.5) is 5.69 Å². The van der Waals surface area contributed by atoms with Gasteiger partial charge in [0.1, 0.15) is 5.75 Å². The molecular formula is C19H30N2O. The van der Waals surface area contributed by atoms with Gasteiger partial charge >= 0.3 is 0 Å². The highest BCUT2D eigenvalue weighted by Gasteiger charge is 2.18. The van der Waals surface area contributed by atoms with Crippen LogP contribution in [0.1, 0.15) is 57.9 Å². The van der Waals surface area contributed by atoms with Crippen LogP contribution in [0.3, 0.4) is 0 Å². The maximum atomic E-state index is 6.10. The Kier molecular flexibility index (Phi) is 5.24. The molecule has 3 rings (SSSR count). The van der Waals surface area contributed by atoms with Gasteiger partial charge in [0.2, 0.25) is 0 Å². The van der Waals surface area contributed by atoms with Gasteiger partial charge in [0.15, 0.2) is 0 Å². The molecule has 1 aromatic carbocycles. The molecule has 0 amide bonds.